The van der Waals surface area contributed by atoms with Crippen molar-refractivity contribution in [1.29, 1.82) is 0 Å². The molecule has 0 bridgehead atoms. The lowest BCUT2D eigenvalue weighted by Crippen LogP contribution is -2.18. The van der Waals surface area contributed by atoms with Crippen molar-refractivity contribution < 1.29 is 0 Å². The summed E-state index contributed by atoms with van der Waals surface area (Å²) in [7, 11) is 1.97. The van der Waals surface area contributed by atoms with Gasteiger partial charge in [0.1, 0.15) is 5.82 Å². The molecule has 2 rings (SSSR count). The predicted octanol–water partition coefficient (Wildman–Crippen LogP) is 3.66. The molecular formula is C17H22ClN3. The molecule has 0 saturated carbocycles. The van der Waals surface area contributed by atoms with Crippen LogP contribution in [0.2, 0.25) is 5.02 Å². The number of aryl methyl sites for hydroxylation is 2. The average Bonchev–Trinajstić information content (AvgIpc) is 2.41. The topological polar surface area (TPSA) is 37.8 Å². The Bertz CT molecular complexity index is 602. The second-order valence-electron chi connectivity index (χ2n) is 5.45. The van der Waals surface area contributed by atoms with E-state index in [0.29, 0.717) is 12.3 Å². The molecule has 0 amide bonds. The number of hydrogen-bond acceptors (Lipinski definition) is 3. The molecule has 0 aliphatic heterocycles. The number of hydrogen-bond donors (Lipinski definition) is 1. The SMILES string of the molecule is CNCC(C)c1c(C)nc(Cc2ccccc2Cl)nc1C. The van der Waals surface area contributed by atoms with E-state index in [1.165, 1.54) is 5.56 Å². The fourth-order valence-electron chi connectivity index (χ4n) is 2.81. The third-order valence-electron chi connectivity index (χ3n) is 3.68. The Morgan fingerprint density at radius 3 is 2.33 bits per heavy atom. The lowest BCUT2D eigenvalue weighted by molar-refractivity contribution is 0.659. The molecule has 0 aliphatic carbocycles. The Morgan fingerprint density at radius 2 is 1.76 bits per heavy atom. The van der Waals surface area contributed by atoms with Gasteiger partial charge in [-0.2, -0.15) is 0 Å². The average molecular weight is 304 g/mol. The van der Waals surface area contributed by atoms with E-state index in [2.05, 4.69) is 36.1 Å². The van der Waals surface area contributed by atoms with Gasteiger partial charge in [0.05, 0.1) is 0 Å². The highest BCUT2D eigenvalue weighted by molar-refractivity contribution is 6.31. The molecule has 0 spiro atoms. The molecule has 1 heterocycles. The molecule has 4 heteroatoms. The van der Waals surface area contributed by atoms with Crippen LogP contribution < -0.4 is 5.32 Å². The summed E-state index contributed by atoms with van der Waals surface area (Å²) >= 11 is 6.21. The first kappa shape index (κ1) is 15.9. The van der Waals surface area contributed by atoms with Gasteiger partial charge in [-0.3, -0.25) is 0 Å². The van der Waals surface area contributed by atoms with Crippen molar-refractivity contribution in [3.8, 4) is 0 Å². The lowest BCUT2D eigenvalue weighted by atomic mass is 9.98. The van der Waals surface area contributed by atoms with E-state index in [-0.39, 0.29) is 0 Å². The molecule has 2 aromatic rings. The van der Waals surface area contributed by atoms with Crippen molar-refractivity contribution in [3.63, 3.8) is 0 Å². The van der Waals surface area contributed by atoms with Crippen LogP contribution in [0.3, 0.4) is 0 Å². The summed E-state index contributed by atoms with van der Waals surface area (Å²) in [6.45, 7) is 7.25. The summed E-state index contributed by atoms with van der Waals surface area (Å²) in [6.07, 6.45) is 0.669. The summed E-state index contributed by atoms with van der Waals surface area (Å²) in [5, 5.41) is 3.98. The zero-order chi connectivity index (χ0) is 15.4. The van der Waals surface area contributed by atoms with Crippen LogP contribution in [-0.4, -0.2) is 23.6 Å². The summed E-state index contributed by atoms with van der Waals surface area (Å²) in [5.74, 6) is 1.24. The fraction of sp³-hybridized carbons (Fsp3) is 0.412. The predicted molar refractivity (Wildman–Crippen MR) is 88.1 cm³/mol. The van der Waals surface area contributed by atoms with Crippen LogP contribution in [-0.2, 0) is 6.42 Å². The quantitative estimate of drug-likeness (QED) is 0.916. The van der Waals surface area contributed by atoms with E-state index in [9.17, 15) is 0 Å². The Balaban J connectivity index is 2.30. The van der Waals surface area contributed by atoms with Crippen LogP contribution in [0.15, 0.2) is 24.3 Å². The van der Waals surface area contributed by atoms with Crippen molar-refractivity contribution in [2.75, 3.05) is 13.6 Å². The number of aromatic nitrogens is 2. The van der Waals surface area contributed by atoms with Crippen LogP contribution in [0.4, 0.5) is 0 Å². The van der Waals surface area contributed by atoms with E-state index in [0.717, 1.165) is 34.3 Å². The maximum absolute atomic E-state index is 6.21. The minimum absolute atomic E-state index is 0.407. The maximum Gasteiger partial charge on any atom is 0.133 e. The summed E-state index contributed by atoms with van der Waals surface area (Å²) < 4.78 is 0. The number of benzene rings is 1. The Kier molecular flexibility index (Phi) is 5.32. The highest BCUT2D eigenvalue weighted by Crippen LogP contribution is 2.23. The molecule has 1 aromatic heterocycles. The first-order valence-corrected chi connectivity index (χ1v) is 7.62. The first-order valence-electron chi connectivity index (χ1n) is 7.25. The smallest absolute Gasteiger partial charge is 0.133 e. The third kappa shape index (κ3) is 3.80. The second kappa shape index (κ2) is 7.01. The zero-order valence-electron chi connectivity index (χ0n) is 13.1. The molecule has 3 nitrogen and oxygen atoms in total. The van der Waals surface area contributed by atoms with Gasteiger partial charge < -0.3 is 5.32 Å². The van der Waals surface area contributed by atoms with Gasteiger partial charge in [-0.05, 0) is 44.0 Å². The van der Waals surface area contributed by atoms with Gasteiger partial charge in [-0.25, -0.2) is 9.97 Å². The summed E-state index contributed by atoms with van der Waals surface area (Å²) in [6, 6.07) is 7.85. The summed E-state index contributed by atoms with van der Waals surface area (Å²) in [4.78, 5) is 9.35. The Labute approximate surface area is 131 Å². The standard InChI is InChI=1S/C17H22ClN3/c1-11(10-19-4)17-12(2)20-16(21-13(17)3)9-14-7-5-6-8-15(14)18/h5-8,11,19H,9-10H2,1-4H3. The molecule has 0 saturated heterocycles. The highest BCUT2D eigenvalue weighted by Gasteiger charge is 2.15. The molecule has 1 N–H and O–H groups in total. The van der Waals surface area contributed by atoms with Crippen LogP contribution >= 0.6 is 11.6 Å². The molecule has 1 unspecified atom stereocenters. The van der Waals surface area contributed by atoms with Crippen molar-refractivity contribution in [2.45, 2.75) is 33.1 Å². The van der Waals surface area contributed by atoms with E-state index >= 15 is 0 Å². The van der Waals surface area contributed by atoms with Gasteiger partial charge in [0.25, 0.3) is 0 Å². The van der Waals surface area contributed by atoms with Crippen LogP contribution in [0.1, 0.15) is 41.2 Å². The minimum Gasteiger partial charge on any atom is -0.319 e. The maximum atomic E-state index is 6.21. The van der Waals surface area contributed by atoms with Crippen molar-refractivity contribution in [1.82, 2.24) is 15.3 Å². The van der Waals surface area contributed by atoms with Crippen LogP contribution in [0, 0.1) is 13.8 Å². The second-order valence-corrected chi connectivity index (χ2v) is 5.86. The normalized spacial score (nSPS) is 12.4. The van der Waals surface area contributed by atoms with Gasteiger partial charge in [0.15, 0.2) is 0 Å². The molecule has 21 heavy (non-hydrogen) atoms. The van der Waals surface area contributed by atoms with Crippen LogP contribution in [0.25, 0.3) is 0 Å². The van der Waals surface area contributed by atoms with Crippen molar-refractivity contribution in [3.05, 3.63) is 57.6 Å². The lowest BCUT2D eigenvalue weighted by Gasteiger charge is -2.17. The van der Waals surface area contributed by atoms with Gasteiger partial charge >= 0.3 is 0 Å². The Morgan fingerprint density at radius 1 is 1.14 bits per heavy atom. The Hall–Kier alpha value is -1.45. The summed E-state index contributed by atoms with van der Waals surface area (Å²) in [5.41, 5.74) is 4.43. The minimum atomic E-state index is 0.407. The van der Waals surface area contributed by atoms with E-state index in [4.69, 9.17) is 11.6 Å². The molecule has 1 atom stereocenters. The molecule has 0 fully saturated rings. The van der Waals surface area contributed by atoms with Gasteiger partial charge in [-0.15, -0.1) is 0 Å². The first-order chi connectivity index (χ1) is 10.0. The van der Waals surface area contributed by atoms with Gasteiger partial charge in [-0.1, -0.05) is 36.7 Å². The number of nitrogens with one attached hydrogen (secondary N) is 1. The number of halogens is 1. The third-order valence-corrected chi connectivity index (χ3v) is 4.05. The van der Waals surface area contributed by atoms with E-state index in [1.807, 2.05) is 31.3 Å². The molecular weight excluding hydrogens is 282 g/mol. The van der Waals surface area contributed by atoms with E-state index < -0.39 is 0 Å². The highest BCUT2D eigenvalue weighted by atomic mass is 35.5. The van der Waals surface area contributed by atoms with Crippen molar-refractivity contribution in [2.24, 2.45) is 0 Å². The molecule has 112 valence electrons. The molecule has 0 aliphatic rings. The monoisotopic (exact) mass is 303 g/mol. The van der Waals surface area contributed by atoms with E-state index in [1.54, 1.807) is 0 Å². The zero-order valence-corrected chi connectivity index (χ0v) is 13.8. The van der Waals surface area contributed by atoms with Gasteiger partial charge in [0.2, 0.25) is 0 Å². The van der Waals surface area contributed by atoms with Gasteiger partial charge in [0, 0.05) is 29.4 Å². The fourth-order valence-corrected chi connectivity index (χ4v) is 3.01. The van der Waals surface area contributed by atoms with Crippen LogP contribution in [0.5, 0.6) is 0 Å². The number of rotatable bonds is 5. The molecule has 0 radical (unpaired) electrons. The largest absolute Gasteiger partial charge is 0.319 e. The number of nitrogens with zero attached hydrogens (tertiary/aromatic N) is 2. The number of likely N-dealkylation sites (N-methyl/N-ethyl adjacent to an activating group) is 1. The van der Waals surface area contributed by atoms with Crippen molar-refractivity contribution >= 4 is 11.6 Å². The molecule has 1 aromatic carbocycles.